The van der Waals surface area contributed by atoms with Crippen molar-refractivity contribution >= 4 is 33.9 Å². The number of nitrogens with one attached hydrogen (secondary N) is 1. The third kappa shape index (κ3) is 9.09. The predicted molar refractivity (Wildman–Crippen MR) is 199 cm³/mol. The predicted octanol–water partition coefficient (Wildman–Crippen LogP) is 6.39. The third-order valence-electron chi connectivity index (χ3n) is 13.7. The molecule has 5 rings (SSSR count). The van der Waals surface area contributed by atoms with Crippen molar-refractivity contribution < 1.29 is 51.3 Å². The average molecular weight is 776 g/mol. The summed E-state index contributed by atoms with van der Waals surface area (Å²) >= 11 is 0. The van der Waals surface area contributed by atoms with Gasteiger partial charge in [-0.2, -0.15) is 0 Å². The maximum Gasteiger partial charge on any atom is 0.305 e. The molecular formula is C41H61NO11S. The summed E-state index contributed by atoms with van der Waals surface area (Å²) in [6.07, 6.45) is 6.84. The van der Waals surface area contributed by atoms with Gasteiger partial charge in [-0.25, -0.2) is 13.1 Å². The third-order valence-corrected chi connectivity index (χ3v) is 15.2. The molecule has 13 heteroatoms. The fourth-order valence-electron chi connectivity index (χ4n) is 11.2. The number of sulfonamides is 1. The summed E-state index contributed by atoms with van der Waals surface area (Å²) in [5, 5.41) is 0. The second kappa shape index (κ2) is 17.3. The molecule has 302 valence electrons. The summed E-state index contributed by atoms with van der Waals surface area (Å²) in [6.45, 7) is 11.6. The summed E-state index contributed by atoms with van der Waals surface area (Å²) in [5.41, 5.74) is -0.447. The smallest absolute Gasteiger partial charge is 0.305 e. The highest BCUT2D eigenvalue weighted by Gasteiger charge is 2.67. The molecule has 1 aromatic carbocycles. The van der Waals surface area contributed by atoms with Crippen LogP contribution in [-0.4, -0.2) is 70.9 Å². The number of methoxy groups -OCH3 is 1. The number of hydrogen-bond donors (Lipinski definition) is 1. The minimum Gasteiger partial charge on any atom is -0.497 e. The van der Waals surface area contributed by atoms with E-state index in [1.54, 1.807) is 12.1 Å². The SMILES string of the molecule is COc1ccc(S(=O)(=O)NCCCCOC(=O)CC[C@@H](C)[C@H]2CC[C@H]3[C@@H]4[C@H](OC(C)=O)C[C@@H]5C[C@H](OC(C)=O)CC[C@]5(C)[C@H]4C[C@H](OC(C)=O)[C@]23C)cc1. The van der Waals surface area contributed by atoms with Gasteiger partial charge < -0.3 is 23.7 Å². The van der Waals surface area contributed by atoms with Crippen molar-refractivity contribution in [3.8, 4) is 5.75 Å². The minimum absolute atomic E-state index is 0.0774. The van der Waals surface area contributed by atoms with Gasteiger partial charge >= 0.3 is 23.9 Å². The topological polar surface area (TPSA) is 161 Å². The minimum atomic E-state index is -3.65. The highest BCUT2D eigenvalue weighted by Crippen LogP contribution is 2.69. The van der Waals surface area contributed by atoms with Gasteiger partial charge in [-0.1, -0.05) is 20.8 Å². The monoisotopic (exact) mass is 775 g/mol. The lowest BCUT2D eigenvalue weighted by atomic mass is 9.43. The van der Waals surface area contributed by atoms with Crippen molar-refractivity contribution in [3.05, 3.63) is 24.3 Å². The Morgan fingerprint density at radius 3 is 2.20 bits per heavy atom. The lowest BCUT2D eigenvalue weighted by Gasteiger charge is -2.64. The molecule has 11 atom stereocenters. The Kier molecular flexibility index (Phi) is 13.4. The van der Waals surface area contributed by atoms with E-state index < -0.39 is 10.0 Å². The number of carbonyl (C=O) groups is 4. The van der Waals surface area contributed by atoms with Crippen LogP contribution in [0.3, 0.4) is 0 Å². The molecule has 0 amide bonds. The van der Waals surface area contributed by atoms with E-state index in [1.807, 2.05) is 0 Å². The standard InChI is InChI=1S/C41H61NO11S/c1-25(10-17-38(46)50-21-9-8-20-42-54(47,48)32-13-11-30(49-7)12-14-32)33-15-16-34-39-35(24-37(41(33,34)6)53-28(4)45)40(5)19-18-31(51-26(2)43)22-29(40)23-36(39)52-27(3)44/h11-14,25,29,31,33-37,39,42H,8-10,15-24H2,1-7H3/t25-,29+,31-,33-,34+,35+,36-,37+,39+,40+,41-/m1/s1. The Labute approximate surface area is 321 Å². The number of hydrogen-bond acceptors (Lipinski definition) is 11. The van der Waals surface area contributed by atoms with Crippen molar-refractivity contribution in [2.45, 2.75) is 135 Å². The van der Waals surface area contributed by atoms with Gasteiger partial charge in [-0.3, -0.25) is 19.2 Å². The molecule has 0 bridgehead atoms. The second-order valence-electron chi connectivity index (χ2n) is 16.8. The van der Waals surface area contributed by atoms with Crippen LogP contribution >= 0.6 is 0 Å². The number of carbonyl (C=O) groups excluding carboxylic acids is 4. The van der Waals surface area contributed by atoms with E-state index in [0.717, 1.165) is 38.5 Å². The molecule has 1 N–H and O–H groups in total. The molecular weight excluding hydrogens is 715 g/mol. The summed E-state index contributed by atoms with van der Waals surface area (Å²) in [7, 11) is -2.13. The quantitative estimate of drug-likeness (QED) is 0.120. The van der Waals surface area contributed by atoms with E-state index in [-0.39, 0.29) is 113 Å². The van der Waals surface area contributed by atoms with Gasteiger partial charge in [0.05, 0.1) is 18.6 Å². The van der Waals surface area contributed by atoms with Crippen LogP contribution in [0.25, 0.3) is 0 Å². The van der Waals surface area contributed by atoms with Crippen LogP contribution in [0.15, 0.2) is 29.2 Å². The van der Waals surface area contributed by atoms with Gasteiger partial charge in [-0.15, -0.1) is 0 Å². The maximum atomic E-state index is 12.9. The summed E-state index contributed by atoms with van der Waals surface area (Å²) in [5.74, 6) is 0.385. The summed E-state index contributed by atoms with van der Waals surface area (Å²) in [6, 6.07) is 6.17. The van der Waals surface area contributed by atoms with Gasteiger partial charge in [0.25, 0.3) is 0 Å². The molecule has 0 radical (unpaired) electrons. The Morgan fingerprint density at radius 2 is 1.56 bits per heavy atom. The van der Waals surface area contributed by atoms with Gasteiger partial charge in [0, 0.05) is 45.1 Å². The number of ether oxygens (including phenoxy) is 5. The Balaban J connectivity index is 1.19. The number of esters is 4. The van der Waals surface area contributed by atoms with Gasteiger partial charge in [0.15, 0.2) is 0 Å². The highest BCUT2D eigenvalue weighted by molar-refractivity contribution is 7.89. The van der Waals surface area contributed by atoms with E-state index in [9.17, 15) is 27.6 Å². The first-order chi connectivity index (χ1) is 25.5. The number of unbranched alkanes of at least 4 members (excludes halogenated alkanes) is 1. The highest BCUT2D eigenvalue weighted by atomic mass is 32.2. The molecule has 4 saturated carbocycles. The van der Waals surface area contributed by atoms with Crippen molar-refractivity contribution in [3.63, 3.8) is 0 Å². The summed E-state index contributed by atoms with van der Waals surface area (Å²) < 4.78 is 56.4. The fraction of sp³-hybridized carbons (Fsp3) is 0.756. The fourth-order valence-corrected chi connectivity index (χ4v) is 12.3. The molecule has 0 aliphatic heterocycles. The van der Waals surface area contributed by atoms with Crippen LogP contribution in [0.5, 0.6) is 5.75 Å². The number of fused-ring (bicyclic) bond motifs is 5. The first-order valence-electron chi connectivity index (χ1n) is 19.8. The number of benzene rings is 1. The van der Waals surface area contributed by atoms with Crippen LogP contribution in [0, 0.1) is 46.3 Å². The Hall–Kier alpha value is -3.19. The second-order valence-corrected chi connectivity index (χ2v) is 18.5. The maximum absolute atomic E-state index is 12.9. The van der Waals surface area contributed by atoms with Crippen LogP contribution in [0.1, 0.15) is 112 Å². The Morgan fingerprint density at radius 1 is 0.870 bits per heavy atom. The molecule has 4 aliphatic rings. The van der Waals surface area contributed by atoms with E-state index in [4.69, 9.17) is 23.7 Å². The first-order valence-corrected chi connectivity index (χ1v) is 21.3. The molecule has 54 heavy (non-hydrogen) atoms. The van der Waals surface area contributed by atoms with E-state index in [0.29, 0.717) is 31.4 Å². The first kappa shape index (κ1) is 42.0. The average Bonchev–Trinajstić information content (AvgIpc) is 3.47. The molecule has 4 aliphatic carbocycles. The van der Waals surface area contributed by atoms with Gasteiger partial charge in [0.1, 0.15) is 24.1 Å². The molecule has 0 aromatic heterocycles. The lowest BCUT2D eigenvalue weighted by molar-refractivity contribution is -0.224. The van der Waals surface area contributed by atoms with Crippen molar-refractivity contribution in [1.29, 1.82) is 0 Å². The Bertz CT molecular complexity index is 1610. The molecule has 0 saturated heterocycles. The zero-order chi connectivity index (χ0) is 39.4. The molecule has 12 nitrogen and oxygen atoms in total. The molecule has 0 unspecified atom stereocenters. The van der Waals surface area contributed by atoms with Crippen LogP contribution < -0.4 is 9.46 Å². The molecule has 1 aromatic rings. The number of rotatable bonds is 15. The lowest BCUT2D eigenvalue weighted by Crippen LogP contribution is -2.63. The van der Waals surface area contributed by atoms with Crippen LogP contribution in [0.2, 0.25) is 0 Å². The van der Waals surface area contributed by atoms with Crippen molar-refractivity contribution in [2.24, 2.45) is 46.3 Å². The zero-order valence-electron chi connectivity index (χ0n) is 33.1. The van der Waals surface area contributed by atoms with Crippen LogP contribution in [-0.2, 0) is 48.1 Å². The van der Waals surface area contributed by atoms with Crippen LogP contribution in [0.4, 0.5) is 0 Å². The van der Waals surface area contributed by atoms with E-state index in [1.165, 1.54) is 40.0 Å². The molecule has 0 heterocycles. The molecule has 4 fully saturated rings. The normalized spacial score (nSPS) is 33.6. The van der Waals surface area contributed by atoms with Crippen molar-refractivity contribution in [1.82, 2.24) is 4.72 Å². The zero-order valence-corrected chi connectivity index (χ0v) is 33.9. The van der Waals surface area contributed by atoms with Crippen molar-refractivity contribution in [2.75, 3.05) is 20.3 Å². The summed E-state index contributed by atoms with van der Waals surface area (Å²) in [4.78, 5) is 50.1. The largest absolute Gasteiger partial charge is 0.497 e. The van der Waals surface area contributed by atoms with Gasteiger partial charge in [0.2, 0.25) is 10.0 Å². The van der Waals surface area contributed by atoms with Gasteiger partial charge in [-0.05, 0) is 123 Å². The van der Waals surface area contributed by atoms with E-state index >= 15 is 0 Å². The molecule has 0 spiro atoms. The van der Waals surface area contributed by atoms with E-state index in [2.05, 4.69) is 25.5 Å².